The number of ether oxygens (including phenoxy) is 1. The predicted octanol–water partition coefficient (Wildman–Crippen LogP) is 0.686. The van der Waals surface area contributed by atoms with Crippen LogP contribution in [0, 0.1) is 5.92 Å². The van der Waals surface area contributed by atoms with Gasteiger partial charge >= 0.3 is 0 Å². The van der Waals surface area contributed by atoms with E-state index in [9.17, 15) is 13.2 Å². The monoisotopic (exact) mass is 318 g/mol. The van der Waals surface area contributed by atoms with Crippen molar-refractivity contribution < 1.29 is 17.9 Å². The Kier molecular flexibility index (Phi) is 5.62. The van der Waals surface area contributed by atoms with Crippen molar-refractivity contribution in [3.8, 4) is 0 Å². The number of amides is 1. The third-order valence-electron chi connectivity index (χ3n) is 4.36. The van der Waals surface area contributed by atoms with E-state index < -0.39 is 16.1 Å². The van der Waals surface area contributed by atoms with E-state index in [0.29, 0.717) is 38.6 Å². The Bertz CT molecular complexity index is 460. The smallest absolute Gasteiger partial charge is 0.241 e. The molecule has 1 amide bonds. The average Bonchev–Trinajstić information content (AvgIpc) is 2.96. The van der Waals surface area contributed by atoms with Crippen LogP contribution < -0.4 is 0 Å². The molecule has 7 heteroatoms. The summed E-state index contributed by atoms with van der Waals surface area (Å²) in [7, 11) is -3.33. The molecule has 2 fully saturated rings. The first-order valence-electron chi connectivity index (χ1n) is 7.76. The number of piperidine rings is 1. The SMILES string of the molecule is CCN(C[C@@H]1CCOC1)C(=O)[C@H]1CCCCN1S(C)(=O)=O. The molecular weight excluding hydrogens is 292 g/mol. The Labute approximate surface area is 127 Å². The third-order valence-corrected chi connectivity index (χ3v) is 5.65. The molecule has 2 saturated heterocycles. The first kappa shape index (κ1) is 16.7. The van der Waals surface area contributed by atoms with Crippen LogP contribution in [0.5, 0.6) is 0 Å². The maximum Gasteiger partial charge on any atom is 0.241 e. The highest BCUT2D eigenvalue weighted by Gasteiger charge is 2.37. The average molecular weight is 318 g/mol. The zero-order valence-corrected chi connectivity index (χ0v) is 13.8. The van der Waals surface area contributed by atoms with Crippen LogP contribution in [-0.4, -0.2) is 68.7 Å². The summed E-state index contributed by atoms with van der Waals surface area (Å²) >= 11 is 0. The lowest BCUT2D eigenvalue weighted by Gasteiger charge is -2.36. The number of rotatable bonds is 5. The first-order valence-corrected chi connectivity index (χ1v) is 9.61. The van der Waals surface area contributed by atoms with Gasteiger partial charge in [-0.15, -0.1) is 0 Å². The molecule has 6 nitrogen and oxygen atoms in total. The lowest BCUT2D eigenvalue weighted by Crippen LogP contribution is -2.53. The topological polar surface area (TPSA) is 66.9 Å². The van der Waals surface area contributed by atoms with E-state index in [4.69, 9.17) is 4.74 Å². The van der Waals surface area contributed by atoms with Crippen molar-refractivity contribution in [2.75, 3.05) is 39.1 Å². The normalized spacial score (nSPS) is 27.7. The summed E-state index contributed by atoms with van der Waals surface area (Å²) in [5.74, 6) is 0.332. The fraction of sp³-hybridized carbons (Fsp3) is 0.929. The molecule has 21 heavy (non-hydrogen) atoms. The Morgan fingerprint density at radius 3 is 2.67 bits per heavy atom. The van der Waals surface area contributed by atoms with Crippen molar-refractivity contribution in [3.63, 3.8) is 0 Å². The molecule has 0 unspecified atom stereocenters. The molecular formula is C14H26N2O4S. The van der Waals surface area contributed by atoms with Gasteiger partial charge in [-0.1, -0.05) is 6.42 Å². The van der Waals surface area contributed by atoms with E-state index >= 15 is 0 Å². The lowest BCUT2D eigenvalue weighted by atomic mass is 10.0. The summed E-state index contributed by atoms with van der Waals surface area (Å²) in [6.07, 6.45) is 4.54. The molecule has 0 spiro atoms. The van der Waals surface area contributed by atoms with Gasteiger partial charge in [0.25, 0.3) is 0 Å². The van der Waals surface area contributed by atoms with Gasteiger partial charge in [-0.3, -0.25) is 4.79 Å². The number of nitrogens with zero attached hydrogens (tertiary/aromatic N) is 2. The van der Waals surface area contributed by atoms with Crippen LogP contribution in [0.1, 0.15) is 32.6 Å². The molecule has 2 aliphatic rings. The van der Waals surface area contributed by atoms with Crippen LogP contribution >= 0.6 is 0 Å². The van der Waals surface area contributed by atoms with Crippen molar-refractivity contribution in [3.05, 3.63) is 0 Å². The Morgan fingerprint density at radius 1 is 1.33 bits per heavy atom. The molecule has 2 heterocycles. The van der Waals surface area contributed by atoms with Crippen LogP contribution in [0.4, 0.5) is 0 Å². The summed E-state index contributed by atoms with van der Waals surface area (Å²) in [6, 6.07) is -0.518. The third kappa shape index (κ3) is 4.17. The van der Waals surface area contributed by atoms with Crippen LogP contribution in [0.15, 0.2) is 0 Å². The van der Waals surface area contributed by atoms with E-state index in [0.717, 1.165) is 25.9 Å². The lowest BCUT2D eigenvalue weighted by molar-refractivity contribution is -0.136. The van der Waals surface area contributed by atoms with E-state index in [1.807, 2.05) is 6.92 Å². The zero-order chi connectivity index (χ0) is 15.5. The molecule has 0 aliphatic carbocycles. The van der Waals surface area contributed by atoms with Gasteiger partial charge in [-0.2, -0.15) is 4.31 Å². The van der Waals surface area contributed by atoms with Gasteiger partial charge in [0.15, 0.2) is 0 Å². The molecule has 122 valence electrons. The van der Waals surface area contributed by atoms with Crippen molar-refractivity contribution in [1.82, 2.24) is 9.21 Å². The number of carbonyl (C=O) groups excluding carboxylic acids is 1. The van der Waals surface area contributed by atoms with E-state index in [-0.39, 0.29) is 5.91 Å². The molecule has 0 aromatic carbocycles. The maximum absolute atomic E-state index is 12.8. The fourth-order valence-corrected chi connectivity index (χ4v) is 4.29. The second kappa shape index (κ2) is 7.07. The van der Waals surface area contributed by atoms with Crippen molar-refractivity contribution >= 4 is 15.9 Å². The predicted molar refractivity (Wildman–Crippen MR) is 80.4 cm³/mol. The van der Waals surface area contributed by atoms with Crippen LogP contribution in [-0.2, 0) is 19.6 Å². The standard InChI is InChI=1S/C14H26N2O4S/c1-3-15(10-12-7-9-20-11-12)14(17)13-6-4-5-8-16(13)21(2,18)19/h12-13H,3-11H2,1-2H3/t12-,13+/m0/s1. The summed E-state index contributed by atoms with van der Waals surface area (Å²) in [4.78, 5) is 14.6. The quantitative estimate of drug-likeness (QED) is 0.748. The van der Waals surface area contributed by atoms with Gasteiger partial charge in [0.05, 0.1) is 12.9 Å². The van der Waals surface area contributed by atoms with Gasteiger partial charge in [0, 0.05) is 32.2 Å². The number of hydrogen-bond donors (Lipinski definition) is 0. The van der Waals surface area contributed by atoms with Crippen molar-refractivity contribution in [2.24, 2.45) is 5.92 Å². The van der Waals surface area contributed by atoms with Crippen LogP contribution in [0.3, 0.4) is 0 Å². The zero-order valence-electron chi connectivity index (χ0n) is 13.0. The second-order valence-corrected chi connectivity index (χ2v) is 7.93. The van der Waals surface area contributed by atoms with Gasteiger partial charge in [-0.25, -0.2) is 8.42 Å². The number of hydrogen-bond acceptors (Lipinski definition) is 4. The molecule has 0 saturated carbocycles. The molecule has 0 aromatic rings. The van der Waals surface area contributed by atoms with Gasteiger partial charge < -0.3 is 9.64 Å². The molecule has 2 atom stereocenters. The summed E-state index contributed by atoms with van der Waals surface area (Å²) in [5, 5.41) is 0. The summed E-state index contributed by atoms with van der Waals surface area (Å²) in [6.45, 7) is 5.15. The highest BCUT2D eigenvalue weighted by molar-refractivity contribution is 7.88. The second-order valence-electron chi connectivity index (χ2n) is 5.99. The maximum atomic E-state index is 12.8. The van der Waals surface area contributed by atoms with Crippen LogP contribution in [0.25, 0.3) is 0 Å². The van der Waals surface area contributed by atoms with E-state index in [1.54, 1.807) is 4.90 Å². The van der Waals surface area contributed by atoms with Gasteiger partial charge in [0.1, 0.15) is 6.04 Å². The molecule has 0 bridgehead atoms. The fourth-order valence-electron chi connectivity index (χ4n) is 3.17. The number of carbonyl (C=O) groups is 1. The van der Waals surface area contributed by atoms with Crippen molar-refractivity contribution in [1.29, 1.82) is 0 Å². The minimum Gasteiger partial charge on any atom is -0.381 e. The van der Waals surface area contributed by atoms with Gasteiger partial charge in [-0.05, 0) is 26.2 Å². The van der Waals surface area contributed by atoms with E-state index in [1.165, 1.54) is 10.6 Å². The molecule has 0 N–H and O–H groups in total. The Balaban J connectivity index is 2.06. The van der Waals surface area contributed by atoms with Crippen LogP contribution in [0.2, 0.25) is 0 Å². The highest BCUT2D eigenvalue weighted by atomic mass is 32.2. The number of likely N-dealkylation sites (N-methyl/N-ethyl adjacent to an activating group) is 1. The Morgan fingerprint density at radius 2 is 2.10 bits per heavy atom. The Hall–Kier alpha value is -0.660. The van der Waals surface area contributed by atoms with Gasteiger partial charge in [0.2, 0.25) is 15.9 Å². The summed E-state index contributed by atoms with van der Waals surface area (Å²) < 4.78 is 30.5. The highest BCUT2D eigenvalue weighted by Crippen LogP contribution is 2.23. The first-order chi connectivity index (χ1) is 9.93. The molecule has 2 aliphatic heterocycles. The van der Waals surface area contributed by atoms with Crippen molar-refractivity contribution in [2.45, 2.75) is 38.6 Å². The molecule has 0 radical (unpaired) electrons. The van der Waals surface area contributed by atoms with E-state index in [2.05, 4.69) is 0 Å². The molecule has 2 rings (SSSR count). The molecule has 0 aromatic heterocycles. The minimum absolute atomic E-state index is 0.0467. The number of sulfonamides is 1. The minimum atomic E-state index is -3.33. The largest absolute Gasteiger partial charge is 0.381 e. The summed E-state index contributed by atoms with van der Waals surface area (Å²) in [5.41, 5.74) is 0.